The fraction of sp³-hybridized carbons (Fsp3) is 0.333. The summed E-state index contributed by atoms with van der Waals surface area (Å²) in [6, 6.07) is 8.19. The lowest BCUT2D eigenvalue weighted by Crippen LogP contribution is -1.81. The van der Waals surface area contributed by atoms with Gasteiger partial charge in [0.05, 0.1) is 0 Å². The molecule has 2 heteroatoms. The van der Waals surface area contributed by atoms with E-state index in [1.54, 1.807) is 0 Å². The summed E-state index contributed by atoms with van der Waals surface area (Å²) in [7, 11) is 0. The van der Waals surface area contributed by atoms with E-state index >= 15 is 0 Å². The molecule has 2 heterocycles. The van der Waals surface area contributed by atoms with Crippen molar-refractivity contribution in [2.45, 2.75) is 26.7 Å². The molecule has 2 N–H and O–H groups in total. The summed E-state index contributed by atoms with van der Waals surface area (Å²) in [6.45, 7) is 4.32. The molecule has 0 spiro atoms. The van der Waals surface area contributed by atoms with Crippen LogP contribution >= 0.6 is 0 Å². The van der Waals surface area contributed by atoms with Crippen LogP contribution in [0.15, 0.2) is 36.7 Å². The molecule has 0 amide bonds. The predicted molar refractivity (Wildman–Crippen MR) is 60.3 cm³/mol. The molecule has 0 saturated heterocycles. The number of H-pyrrole nitrogens is 2. The van der Waals surface area contributed by atoms with Crippen molar-refractivity contribution in [1.82, 2.24) is 9.97 Å². The zero-order valence-electron chi connectivity index (χ0n) is 8.88. The summed E-state index contributed by atoms with van der Waals surface area (Å²) < 4.78 is 0. The number of hydrogen-bond acceptors (Lipinski definition) is 0. The Kier molecular flexibility index (Phi) is 4.62. The minimum absolute atomic E-state index is 1.11. The molecule has 0 aromatic carbocycles. The van der Waals surface area contributed by atoms with Gasteiger partial charge >= 0.3 is 0 Å². The third-order valence-electron chi connectivity index (χ3n) is 2.06. The highest BCUT2D eigenvalue weighted by Gasteiger charge is 1.91. The Morgan fingerprint density at radius 3 is 1.64 bits per heavy atom. The first-order valence-corrected chi connectivity index (χ1v) is 5.11. The Balaban J connectivity index is 0.000000165. The molecule has 0 aliphatic rings. The summed E-state index contributed by atoms with van der Waals surface area (Å²) in [5.41, 5.74) is 2.68. The molecule has 0 unspecified atom stereocenters. The lowest BCUT2D eigenvalue weighted by molar-refractivity contribution is 0.994. The van der Waals surface area contributed by atoms with E-state index in [9.17, 15) is 0 Å². The maximum absolute atomic E-state index is 3.31. The fourth-order valence-electron chi connectivity index (χ4n) is 1.18. The zero-order valence-corrected chi connectivity index (χ0v) is 8.88. The van der Waals surface area contributed by atoms with Crippen molar-refractivity contribution in [1.29, 1.82) is 0 Å². The fourth-order valence-corrected chi connectivity index (χ4v) is 1.18. The standard InChI is InChI=1S/C8H13N.C4H5N/c1-3-7-5-6-8(4-2)9-7;1-2-4-5-3-1/h5-6,9H,3-4H2,1-2H3;1-5H. The molecular formula is C12H18N2. The van der Waals surface area contributed by atoms with E-state index in [0.29, 0.717) is 0 Å². The lowest BCUT2D eigenvalue weighted by Gasteiger charge is -1.88. The summed E-state index contributed by atoms with van der Waals surface area (Å²) in [5.74, 6) is 0. The molecule has 2 aromatic heterocycles. The van der Waals surface area contributed by atoms with Crippen molar-refractivity contribution in [3.63, 3.8) is 0 Å². The van der Waals surface area contributed by atoms with Gasteiger partial charge in [0, 0.05) is 23.8 Å². The molecule has 76 valence electrons. The Bertz CT molecular complexity index is 284. The van der Waals surface area contributed by atoms with E-state index in [1.165, 1.54) is 11.4 Å². The molecule has 0 atom stereocenters. The molecule has 2 aromatic rings. The molecule has 0 saturated carbocycles. The molecule has 2 nitrogen and oxygen atoms in total. The summed E-state index contributed by atoms with van der Waals surface area (Å²) in [6.07, 6.45) is 5.97. The van der Waals surface area contributed by atoms with Crippen LogP contribution in [-0.2, 0) is 12.8 Å². The van der Waals surface area contributed by atoms with Crippen LogP contribution in [0.25, 0.3) is 0 Å². The van der Waals surface area contributed by atoms with Crippen molar-refractivity contribution < 1.29 is 0 Å². The van der Waals surface area contributed by atoms with E-state index in [1.807, 2.05) is 24.5 Å². The second-order valence-electron chi connectivity index (χ2n) is 3.10. The van der Waals surface area contributed by atoms with Crippen LogP contribution < -0.4 is 0 Å². The summed E-state index contributed by atoms with van der Waals surface area (Å²) >= 11 is 0. The number of aromatic nitrogens is 2. The van der Waals surface area contributed by atoms with Gasteiger partial charge in [0.1, 0.15) is 0 Å². The zero-order chi connectivity index (χ0) is 10.2. The molecule has 0 radical (unpaired) electrons. The van der Waals surface area contributed by atoms with Crippen molar-refractivity contribution in [2.24, 2.45) is 0 Å². The van der Waals surface area contributed by atoms with Crippen LogP contribution in [0.5, 0.6) is 0 Å². The first kappa shape index (κ1) is 10.6. The Morgan fingerprint density at radius 2 is 1.43 bits per heavy atom. The second-order valence-corrected chi connectivity index (χ2v) is 3.10. The minimum atomic E-state index is 1.11. The second kappa shape index (κ2) is 6.08. The third-order valence-corrected chi connectivity index (χ3v) is 2.06. The highest BCUT2D eigenvalue weighted by molar-refractivity contribution is 5.12. The molecule has 0 fully saturated rings. The minimum Gasteiger partial charge on any atom is -0.368 e. The first-order chi connectivity index (χ1) is 6.86. The van der Waals surface area contributed by atoms with Crippen LogP contribution in [0.3, 0.4) is 0 Å². The van der Waals surface area contributed by atoms with Gasteiger partial charge in [0.15, 0.2) is 0 Å². The van der Waals surface area contributed by atoms with Crippen LogP contribution in [0, 0.1) is 0 Å². The Morgan fingerprint density at radius 1 is 0.929 bits per heavy atom. The molecule has 0 aliphatic carbocycles. The lowest BCUT2D eigenvalue weighted by atomic mass is 10.3. The normalized spacial score (nSPS) is 9.29. The van der Waals surface area contributed by atoms with Crippen molar-refractivity contribution in [3.8, 4) is 0 Å². The number of rotatable bonds is 2. The summed E-state index contributed by atoms with van der Waals surface area (Å²) in [5, 5.41) is 0. The number of nitrogens with one attached hydrogen (secondary N) is 2. The topological polar surface area (TPSA) is 31.6 Å². The quantitative estimate of drug-likeness (QED) is 0.729. The van der Waals surface area contributed by atoms with Gasteiger partial charge in [-0.3, -0.25) is 0 Å². The van der Waals surface area contributed by atoms with Gasteiger partial charge < -0.3 is 9.97 Å². The molecule has 2 rings (SSSR count). The van der Waals surface area contributed by atoms with Gasteiger partial charge in [-0.15, -0.1) is 0 Å². The van der Waals surface area contributed by atoms with Crippen molar-refractivity contribution in [2.75, 3.05) is 0 Å². The van der Waals surface area contributed by atoms with Gasteiger partial charge in [0.25, 0.3) is 0 Å². The van der Waals surface area contributed by atoms with E-state index in [4.69, 9.17) is 0 Å². The molecular weight excluding hydrogens is 172 g/mol. The average Bonchev–Trinajstić information content (AvgIpc) is 2.92. The monoisotopic (exact) mass is 190 g/mol. The smallest absolute Gasteiger partial charge is 0.0146 e. The van der Waals surface area contributed by atoms with E-state index in [-0.39, 0.29) is 0 Å². The number of aryl methyl sites for hydroxylation is 2. The maximum Gasteiger partial charge on any atom is 0.0146 e. The van der Waals surface area contributed by atoms with Crippen LogP contribution in [-0.4, -0.2) is 9.97 Å². The van der Waals surface area contributed by atoms with Gasteiger partial charge in [-0.1, -0.05) is 13.8 Å². The first-order valence-electron chi connectivity index (χ1n) is 5.11. The van der Waals surface area contributed by atoms with Crippen LogP contribution in [0.2, 0.25) is 0 Å². The Hall–Kier alpha value is -1.44. The van der Waals surface area contributed by atoms with Crippen LogP contribution in [0.4, 0.5) is 0 Å². The highest BCUT2D eigenvalue weighted by Crippen LogP contribution is 2.01. The van der Waals surface area contributed by atoms with Gasteiger partial charge in [-0.2, -0.15) is 0 Å². The van der Waals surface area contributed by atoms with Gasteiger partial charge in [-0.05, 0) is 37.1 Å². The number of hydrogen-bond donors (Lipinski definition) is 2. The molecule has 0 aliphatic heterocycles. The number of aromatic amines is 2. The summed E-state index contributed by atoms with van der Waals surface area (Å²) in [4.78, 5) is 6.17. The van der Waals surface area contributed by atoms with E-state index in [2.05, 4.69) is 35.9 Å². The van der Waals surface area contributed by atoms with Gasteiger partial charge in [-0.25, -0.2) is 0 Å². The largest absolute Gasteiger partial charge is 0.368 e. The highest BCUT2D eigenvalue weighted by atomic mass is 14.7. The molecule has 0 bridgehead atoms. The van der Waals surface area contributed by atoms with Crippen molar-refractivity contribution >= 4 is 0 Å². The van der Waals surface area contributed by atoms with Crippen molar-refractivity contribution in [3.05, 3.63) is 48.0 Å². The van der Waals surface area contributed by atoms with E-state index < -0.39 is 0 Å². The van der Waals surface area contributed by atoms with Gasteiger partial charge in [0.2, 0.25) is 0 Å². The van der Waals surface area contributed by atoms with Crippen LogP contribution in [0.1, 0.15) is 25.2 Å². The average molecular weight is 190 g/mol. The predicted octanol–water partition coefficient (Wildman–Crippen LogP) is 3.15. The third kappa shape index (κ3) is 3.52. The Labute approximate surface area is 85.4 Å². The SMILES string of the molecule is CCc1ccc(CC)[nH]1.c1cc[nH]c1. The maximum atomic E-state index is 3.31. The molecule has 14 heavy (non-hydrogen) atoms. The van der Waals surface area contributed by atoms with E-state index in [0.717, 1.165) is 12.8 Å².